The zero-order valence-corrected chi connectivity index (χ0v) is 17.1. The van der Waals surface area contributed by atoms with Gasteiger partial charge in [-0.25, -0.2) is 8.42 Å². The lowest BCUT2D eigenvalue weighted by molar-refractivity contribution is -0.127. The van der Waals surface area contributed by atoms with Gasteiger partial charge in [0.05, 0.1) is 11.5 Å². The molecule has 0 aliphatic heterocycles. The van der Waals surface area contributed by atoms with E-state index in [1.54, 1.807) is 24.3 Å². The van der Waals surface area contributed by atoms with Crippen LogP contribution in [-0.4, -0.2) is 32.9 Å². The molecule has 2 rings (SSSR count). The average molecular weight is 421 g/mol. The molecule has 2 aromatic carbocycles. The number of rotatable bonds is 9. The summed E-state index contributed by atoms with van der Waals surface area (Å²) in [5, 5.41) is 2.53. The number of anilines is 1. The van der Waals surface area contributed by atoms with Crippen molar-refractivity contribution in [2.24, 2.45) is 0 Å². The number of hydrogen-bond donors (Lipinski definition) is 3. The van der Waals surface area contributed by atoms with Crippen LogP contribution in [0.15, 0.2) is 53.4 Å². The van der Waals surface area contributed by atoms with E-state index in [1.807, 2.05) is 11.8 Å². The fraction of sp³-hybridized carbons (Fsp3) is 0.263. The Balaban J connectivity index is 1.91. The number of nitrogens with one attached hydrogen (secondary N) is 3. The molecule has 0 saturated carbocycles. The van der Waals surface area contributed by atoms with Gasteiger partial charge < -0.3 is 14.8 Å². The van der Waals surface area contributed by atoms with Gasteiger partial charge in [0.1, 0.15) is 11.5 Å². The lowest BCUT2D eigenvalue weighted by atomic mass is 10.3. The zero-order valence-electron chi connectivity index (χ0n) is 16.3. The molecule has 1 atom stereocenters. The van der Waals surface area contributed by atoms with Gasteiger partial charge in [0.2, 0.25) is 5.91 Å². The van der Waals surface area contributed by atoms with Crippen LogP contribution >= 0.6 is 0 Å². The number of amides is 2. The second-order valence-corrected chi connectivity index (χ2v) is 7.65. The molecule has 2 amide bonds. The van der Waals surface area contributed by atoms with Crippen LogP contribution in [0.4, 0.5) is 5.69 Å². The van der Waals surface area contributed by atoms with Crippen molar-refractivity contribution in [3.05, 3.63) is 48.5 Å². The summed E-state index contributed by atoms with van der Waals surface area (Å²) in [6.45, 7) is 5.24. The molecule has 0 aliphatic rings. The Bertz CT molecular complexity index is 943. The van der Waals surface area contributed by atoms with Gasteiger partial charge >= 0.3 is 0 Å². The van der Waals surface area contributed by atoms with Crippen LogP contribution in [0.2, 0.25) is 0 Å². The van der Waals surface area contributed by atoms with Crippen molar-refractivity contribution in [2.75, 3.05) is 11.9 Å². The lowest BCUT2D eigenvalue weighted by Gasteiger charge is -2.15. The Labute approximate surface area is 169 Å². The molecule has 3 N–H and O–H groups in total. The van der Waals surface area contributed by atoms with E-state index in [0.29, 0.717) is 23.8 Å². The molecule has 29 heavy (non-hydrogen) atoms. The van der Waals surface area contributed by atoms with E-state index in [2.05, 4.69) is 10.7 Å². The summed E-state index contributed by atoms with van der Waals surface area (Å²) in [5.41, 5.74) is 2.58. The summed E-state index contributed by atoms with van der Waals surface area (Å²) < 4.78 is 35.4. The standard InChI is InChI=1S/C19H23N3O6S/c1-4-27-16-7-9-17(10-8-16)28-13(2)19(24)21-22-29(25,26)18-11-5-15(6-12-18)20-14(3)23/h5-13,22H,4H2,1-3H3,(H,20,23)(H,21,24)/t13-/m0/s1. The quantitative estimate of drug-likeness (QED) is 0.531. The number of carbonyl (C=O) groups excluding carboxylic acids is 2. The van der Waals surface area contributed by atoms with Crippen LogP contribution in [0.3, 0.4) is 0 Å². The first-order valence-corrected chi connectivity index (χ1v) is 10.3. The Hall–Kier alpha value is -3.11. The van der Waals surface area contributed by atoms with Crippen LogP contribution in [0, 0.1) is 0 Å². The molecular weight excluding hydrogens is 398 g/mol. The van der Waals surface area contributed by atoms with E-state index < -0.39 is 22.0 Å². The fourth-order valence-corrected chi connectivity index (χ4v) is 3.08. The highest BCUT2D eigenvalue weighted by molar-refractivity contribution is 7.89. The van der Waals surface area contributed by atoms with Gasteiger partial charge in [0, 0.05) is 12.6 Å². The predicted molar refractivity (Wildman–Crippen MR) is 107 cm³/mol. The normalized spacial score (nSPS) is 12.0. The minimum Gasteiger partial charge on any atom is -0.494 e. The highest BCUT2D eigenvalue weighted by atomic mass is 32.2. The third-order valence-electron chi connectivity index (χ3n) is 3.61. The first-order chi connectivity index (χ1) is 13.7. The maximum absolute atomic E-state index is 12.3. The van der Waals surface area contributed by atoms with Crippen LogP contribution in [0.5, 0.6) is 11.5 Å². The monoisotopic (exact) mass is 421 g/mol. The largest absolute Gasteiger partial charge is 0.494 e. The number of carbonyl (C=O) groups is 2. The molecule has 0 saturated heterocycles. The van der Waals surface area contributed by atoms with Crippen LogP contribution in [0.1, 0.15) is 20.8 Å². The minimum atomic E-state index is -3.99. The molecule has 0 spiro atoms. The molecule has 0 aromatic heterocycles. The second-order valence-electron chi connectivity index (χ2n) is 5.96. The number of hydrogen-bond acceptors (Lipinski definition) is 6. The van der Waals surface area contributed by atoms with Gasteiger partial charge in [-0.05, 0) is 62.4 Å². The Kier molecular flexibility index (Phi) is 7.57. The third-order valence-corrected chi connectivity index (χ3v) is 4.87. The van der Waals surface area contributed by atoms with Crippen molar-refractivity contribution >= 4 is 27.5 Å². The minimum absolute atomic E-state index is 0.0769. The van der Waals surface area contributed by atoms with Crippen LogP contribution in [-0.2, 0) is 19.6 Å². The highest BCUT2D eigenvalue weighted by Crippen LogP contribution is 2.18. The van der Waals surface area contributed by atoms with E-state index in [9.17, 15) is 18.0 Å². The van der Waals surface area contributed by atoms with Crippen molar-refractivity contribution < 1.29 is 27.5 Å². The first-order valence-electron chi connectivity index (χ1n) is 8.80. The molecule has 0 radical (unpaired) electrons. The van der Waals surface area contributed by atoms with Crippen molar-refractivity contribution in [3.8, 4) is 11.5 Å². The second kappa shape index (κ2) is 9.89. The summed E-state index contributed by atoms with van der Waals surface area (Å²) in [5.74, 6) is 0.173. The van der Waals surface area contributed by atoms with E-state index in [4.69, 9.17) is 9.47 Å². The Morgan fingerprint density at radius 3 is 2.14 bits per heavy atom. The summed E-state index contributed by atoms with van der Waals surface area (Å²) in [7, 11) is -3.99. The SMILES string of the molecule is CCOc1ccc(O[C@@H](C)C(=O)NNS(=O)(=O)c2ccc(NC(C)=O)cc2)cc1. The maximum Gasteiger partial charge on any atom is 0.275 e. The summed E-state index contributed by atoms with van der Waals surface area (Å²) in [6.07, 6.45) is -0.946. The predicted octanol–water partition coefficient (Wildman–Crippen LogP) is 1.82. The summed E-state index contributed by atoms with van der Waals surface area (Å²) in [6, 6.07) is 12.2. The Morgan fingerprint density at radius 1 is 1.00 bits per heavy atom. The van der Waals surface area contributed by atoms with Crippen molar-refractivity contribution in [2.45, 2.75) is 31.8 Å². The van der Waals surface area contributed by atoms with E-state index in [1.165, 1.54) is 38.1 Å². The van der Waals surface area contributed by atoms with E-state index in [0.717, 1.165) is 0 Å². The topological polar surface area (TPSA) is 123 Å². The van der Waals surface area contributed by atoms with Gasteiger partial charge in [-0.1, -0.05) is 0 Å². The Morgan fingerprint density at radius 2 is 1.59 bits per heavy atom. The number of benzene rings is 2. The van der Waals surface area contributed by atoms with Crippen molar-refractivity contribution in [3.63, 3.8) is 0 Å². The number of sulfonamides is 1. The van der Waals surface area contributed by atoms with Crippen LogP contribution < -0.4 is 25.0 Å². The third kappa shape index (κ3) is 6.77. The van der Waals surface area contributed by atoms with Gasteiger partial charge in [-0.2, -0.15) is 0 Å². The van der Waals surface area contributed by atoms with Crippen LogP contribution in [0.25, 0.3) is 0 Å². The molecule has 0 unspecified atom stereocenters. The highest BCUT2D eigenvalue weighted by Gasteiger charge is 2.19. The van der Waals surface area contributed by atoms with E-state index >= 15 is 0 Å². The first kappa shape index (κ1) is 22.2. The fourth-order valence-electron chi connectivity index (χ4n) is 2.24. The lowest BCUT2D eigenvalue weighted by Crippen LogP contribution is -2.47. The molecule has 9 nitrogen and oxygen atoms in total. The van der Waals surface area contributed by atoms with Gasteiger partial charge in [-0.15, -0.1) is 4.83 Å². The number of ether oxygens (including phenoxy) is 2. The molecule has 2 aromatic rings. The van der Waals surface area contributed by atoms with Gasteiger partial charge in [-0.3, -0.25) is 15.0 Å². The molecule has 156 valence electrons. The maximum atomic E-state index is 12.3. The zero-order chi connectivity index (χ0) is 21.4. The summed E-state index contributed by atoms with van der Waals surface area (Å²) >= 11 is 0. The van der Waals surface area contributed by atoms with Gasteiger partial charge in [0.25, 0.3) is 15.9 Å². The van der Waals surface area contributed by atoms with Gasteiger partial charge in [0.15, 0.2) is 6.10 Å². The smallest absolute Gasteiger partial charge is 0.275 e. The molecule has 0 aliphatic carbocycles. The molecule has 0 bridgehead atoms. The number of hydrazine groups is 1. The van der Waals surface area contributed by atoms with E-state index in [-0.39, 0.29) is 10.8 Å². The van der Waals surface area contributed by atoms with Crippen molar-refractivity contribution in [1.82, 2.24) is 10.3 Å². The average Bonchev–Trinajstić information content (AvgIpc) is 2.68. The molecule has 0 heterocycles. The molecular formula is C19H23N3O6S. The summed E-state index contributed by atoms with van der Waals surface area (Å²) in [4.78, 5) is 25.1. The molecule has 0 fully saturated rings. The molecule has 10 heteroatoms. The van der Waals surface area contributed by atoms with Crippen molar-refractivity contribution in [1.29, 1.82) is 0 Å².